The third kappa shape index (κ3) is 2.88. The van der Waals surface area contributed by atoms with E-state index in [1.165, 1.54) is 30.6 Å². The predicted octanol–water partition coefficient (Wildman–Crippen LogP) is 2.75. The molecule has 23 heavy (non-hydrogen) atoms. The van der Waals surface area contributed by atoms with Crippen LogP contribution in [0.2, 0.25) is 0 Å². The summed E-state index contributed by atoms with van der Waals surface area (Å²) in [5, 5.41) is 4.38. The van der Waals surface area contributed by atoms with Crippen molar-refractivity contribution in [3.63, 3.8) is 0 Å². The highest BCUT2D eigenvalue weighted by Crippen LogP contribution is 2.32. The maximum Gasteiger partial charge on any atom is 0.224 e. The lowest BCUT2D eigenvalue weighted by molar-refractivity contribution is -0.123. The number of fused-ring (bicyclic) bond motifs is 4. The number of piperidine rings is 3. The number of carbonyl (C=O) groups is 1. The van der Waals surface area contributed by atoms with Crippen molar-refractivity contribution in [3.8, 4) is 0 Å². The lowest BCUT2D eigenvalue weighted by atomic mass is 9.79. The van der Waals surface area contributed by atoms with Crippen LogP contribution >= 0.6 is 11.3 Å². The molecule has 5 rings (SSSR count). The molecule has 4 heterocycles. The van der Waals surface area contributed by atoms with Gasteiger partial charge in [-0.15, -0.1) is 11.3 Å². The Morgan fingerprint density at radius 3 is 2.91 bits per heavy atom. The fraction of sp³-hybridized carbons (Fsp3) is 0.556. The smallest absolute Gasteiger partial charge is 0.224 e. The molecule has 0 saturated carbocycles. The standard InChI is InChI=1S/C18H23N3OS/c1-11-18(14-5-7-21(11)8-6-14)20-17(22)10-13-3-4-16-15(9-13)19-12(2)23-16/h3-4,9,11,14,18H,5-8,10H2,1-2H3,(H,20,22)/t11-,18+/m1/s1. The van der Waals surface area contributed by atoms with Crippen LogP contribution < -0.4 is 5.32 Å². The Hall–Kier alpha value is -1.46. The lowest BCUT2D eigenvalue weighted by Crippen LogP contribution is -2.62. The fourth-order valence-corrected chi connectivity index (χ4v) is 4.97. The summed E-state index contributed by atoms with van der Waals surface area (Å²) in [6, 6.07) is 6.97. The Morgan fingerprint density at radius 2 is 2.17 bits per heavy atom. The average molecular weight is 329 g/mol. The number of nitrogens with zero attached hydrogens (tertiary/aromatic N) is 2. The molecule has 0 unspecified atom stereocenters. The van der Waals surface area contributed by atoms with Crippen molar-refractivity contribution in [3.05, 3.63) is 28.8 Å². The van der Waals surface area contributed by atoms with Crippen molar-refractivity contribution < 1.29 is 4.79 Å². The molecule has 1 N–H and O–H groups in total. The van der Waals surface area contributed by atoms with Gasteiger partial charge < -0.3 is 5.32 Å². The Kier molecular flexibility index (Phi) is 3.85. The van der Waals surface area contributed by atoms with Crippen LogP contribution in [-0.2, 0) is 11.2 Å². The van der Waals surface area contributed by atoms with Gasteiger partial charge in [0.05, 0.1) is 21.6 Å². The monoisotopic (exact) mass is 329 g/mol. The van der Waals surface area contributed by atoms with Crippen LogP contribution in [0.15, 0.2) is 18.2 Å². The Labute approximate surface area is 140 Å². The molecule has 1 amide bonds. The summed E-state index contributed by atoms with van der Waals surface area (Å²) in [6.07, 6.45) is 2.89. The van der Waals surface area contributed by atoms with Crippen molar-refractivity contribution >= 4 is 27.5 Å². The second kappa shape index (κ2) is 5.87. The van der Waals surface area contributed by atoms with E-state index in [0.717, 1.165) is 16.1 Å². The molecule has 0 spiro atoms. The van der Waals surface area contributed by atoms with E-state index in [1.807, 2.05) is 6.92 Å². The van der Waals surface area contributed by atoms with Gasteiger partial charge in [-0.1, -0.05) is 6.07 Å². The number of amides is 1. The van der Waals surface area contributed by atoms with Crippen LogP contribution in [-0.4, -0.2) is 41.0 Å². The lowest BCUT2D eigenvalue weighted by Gasteiger charge is -2.50. The Balaban J connectivity index is 1.44. The first-order valence-corrected chi connectivity index (χ1v) is 9.31. The van der Waals surface area contributed by atoms with Crippen LogP contribution in [0, 0.1) is 12.8 Å². The minimum atomic E-state index is 0.141. The van der Waals surface area contributed by atoms with Crippen LogP contribution in [0.3, 0.4) is 0 Å². The van der Waals surface area contributed by atoms with Gasteiger partial charge in [0, 0.05) is 12.1 Å². The van der Waals surface area contributed by atoms with E-state index in [0.29, 0.717) is 24.4 Å². The van der Waals surface area contributed by atoms with Crippen molar-refractivity contribution in [2.45, 2.75) is 45.2 Å². The second-order valence-corrected chi connectivity index (χ2v) is 8.15. The number of hydrogen-bond acceptors (Lipinski definition) is 4. The maximum absolute atomic E-state index is 12.5. The summed E-state index contributed by atoms with van der Waals surface area (Å²) in [5.74, 6) is 0.796. The highest BCUT2D eigenvalue weighted by molar-refractivity contribution is 7.18. The minimum absolute atomic E-state index is 0.141. The zero-order valence-corrected chi connectivity index (χ0v) is 14.5. The van der Waals surface area contributed by atoms with Gasteiger partial charge >= 0.3 is 0 Å². The summed E-state index contributed by atoms with van der Waals surface area (Å²) in [6.45, 7) is 6.66. The molecule has 3 fully saturated rings. The van der Waals surface area contributed by atoms with Gasteiger partial charge in [-0.2, -0.15) is 0 Å². The van der Waals surface area contributed by atoms with Gasteiger partial charge in [0.15, 0.2) is 0 Å². The van der Waals surface area contributed by atoms with Crippen LogP contribution in [0.5, 0.6) is 0 Å². The minimum Gasteiger partial charge on any atom is -0.351 e. The van der Waals surface area contributed by atoms with Gasteiger partial charge in [0.1, 0.15) is 0 Å². The maximum atomic E-state index is 12.5. The number of benzene rings is 1. The van der Waals surface area contributed by atoms with Crippen molar-refractivity contribution in [2.75, 3.05) is 13.1 Å². The zero-order chi connectivity index (χ0) is 16.0. The molecular weight excluding hydrogens is 306 g/mol. The van der Waals surface area contributed by atoms with Crippen LogP contribution in [0.4, 0.5) is 0 Å². The second-order valence-electron chi connectivity index (χ2n) is 6.92. The summed E-state index contributed by atoms with van der Waals surface area (Å²) in [5.41, 5.74) is 2.06. The summed E-state index contributed by atoms with van der Waals surface area (Å²) in [7, 11) is 0. The van der Waals surface area contributed by atoms with E-state index in [2.05, 4.69) is 40.3 Å². The molecule has 2 bridgehead atoms. The normalized spacial score (nSPS) is 29.8. The van der Waals surface area contributed by atoms with Crippen molar-refractivity contribution in [1.29, 1.82) is 0 Å². The molecule has 2 aromatic rings. The number of nitrogens with one attached hydrogen (secondary N) is 1. The summed E-state index contributed by atoms with van der Waals surface area (Å²) >= 11 is 1.70. The largest absolute Gasteiger partial charge is 0.351 e. The molecule has 3 aliphatic heterocycles. The number of aromatic nitrogens is 1. The first-order chi connectivity index (χ1) is 11.1. The van der Waals surface area contributed by atoms with Crippen LogP contribution in [0.25, 0.3) is 10.2 Å². The van der Waals surface area contributed by atoms with E-state index in [-0.39, 0.29) is 5.91 Å². The highest BCUT2D eigenvalue weighted by atomic mass is 32.1. The van der Waals surface area contributed by atoms with E-state index in [9.17, 15) is 4.79 Å². The van der Waals surface area contributed by atoms with Gasteiger partial charge in [-0.05, 0) is 63.4 Å². The SMILES string of the molecule is Cc1nc2cc(CC(=O)N[C@@H]3C4CCN(CC4)[C@@H]3C)ccc2s1. The summed E-state index contributed by atoms with van der Waals surface area (Å²) < 4.78 is 1.19. The average Bonchev–Trinajstić information content (AvgIpc) is 2.90. The third-order valence-electron chi connectivity index (χ3n) is 5.43. The van der Waals surface area contributed by atoms with E-state index >= 15 is 0 Å². The Bertz CT molecular complexity index is 731. The number of aryl methyl sites for hydroxylation is 1. The topological polar surface area (TPSA) is 45.2 Å². The number of carbonyl (C=O) groups excluding carboxylic acids is 1. The molecule has 4 nitrogen and oxygen atoms in total. The molecule has 122 valence electrons. The molecule has 0 radical (unpaired) electrons. The number of rotatable bonds is 3. The van der Waals surface area contributed by atoms with Gasteiger partial charge in [0.25, 0.3) is 0 Å². The quantitative estimate of drug-likeness (QED) is 0.942. The Morgan fingerprint density at radius 1 is 1.39 bits per heavy atom. The molecule has 1 aromatic heterocycles. The van der Waals surface area contributed by atoms with E-state index in [1.54, 1.807) is 11.3 Å². The first kappa shape index (κ1) is 15.1. The van der Waals surface area contributed by atoms with Crippen molar-refractivity contribution in [1.82, 2.24) is 15.2 Å². The van der Waals surface area contributed by atoms with Gasteiger partial charge in [0.2, 0.25) is 5.91 Å². The zero-order valence-electron chi connectivity index (χ0n) is 13.7. The van der Waals surface area contributed by atoms with Gasteiger partial charge in [-0.25, -0.2) is 4.98 Å². The molecule has 3 aliphatic rings. The molecule has 2 atom stereocenters. The highest BCUT2D eigenvalue weighted by Gasteiger charge is 2.40. The fourth-order valence-electron chi connectivity index (χ4n) is 4.17. The summed E-state index contributed by atoms with van der Waals surface area (Å²) in [4.78, 5) is 19.5. The first-order valence-electron chi connectivity index (χ1n) is 8.49. The van der Waals surface area contributed by atoms with E-state index in [4.69, 9.17) is 0 Å². The molecular formula is C18H23N3OS. The molecule has 0 aliphatic carbocycles. The third-order valence-corrected chi connectivity index (χ3v) is 6.38. The molecule has 1 aromatic carbocycles. The van der Waals surface area contributed by atoms with Crippen molar-refractivity contribution in [2.24, 2.45) is 5.92 Å². The van der Waals surface area contributed by atoms with Crippen LogP contribution in [0.1, 0.15) is 30.3 Å². The molecule has 3 saturated heterocycles. The predicted molar refractivity (Wildman–Crippen MR) is 93.8 cm³/mol. The number of hydrogen-bond donors (Lipinski definition) is 1. The van der Waals surface area contributed by atoms with E-state index < -0.39 is 0 Å². The molecule has 5 heteroatoms. The van der Waals surface area contributed by atoms with Gasteiger partial charge in [-0.3, -0.25) is 9.69 Å². The number of thiazole rings is 1.